The molecule has 0 fully saturated rings. The summed E-state index contributed by atoms with van der Waals surface area (Å²) >= 11 is 0. The molecule has 2 unspecified atom stereocenters. The summed E-state index contributed by atoms with van der Waals surface area (Å²) in [4.78, 5) is 0. The van der Waals surface area contributed by atoms with Gasteiger partial charge in [0.25, 0.3) is 0 Å². The number of hydrogen-bond acceptors (Lipinski definition) is 3. The summed E-state index contributed by atoms with van der Waals surface area (Å²) in [5.41, 5.74) is 5.29. The lowest BCUT2D eigenvalue weighted by Crippen LogP contribution is -2.32. The Labute approximate surface area is 91.8 Å². The van der Waals surface area contributed by atoms with Crippen LogP contribution in [-0.4, -0.2) is 9.78 Å². The van der Waals surface area contributed by atoms with Crippen molar-refractivity contribution in [2.24, 2.45) is 18.8 Å². The van der Waals surface area contributed by atoms with E-state index in [1.165, 1.54) is 24.1 Å². The van der Waals surface area contributed by atoms with E-state index < -0.39 is 0 Å². The van der Waals surface area contributed by atoms with Crippen LogP contribution in [0.5, 0.6) is 0 Å². The minimum Gasteiger partial charge on any atom is -0.273 e. The standard InChI is InChI=1S/C11H22N4/c1-5-6-8(2)11(14-12)10-7-13-15(4)9(10)3/h7-8,11,14H,5-6,12H2,1-4H3. The fourth-order valence-electron chi connectivity index (χ4n) is 2.00. The first-order valence-electron chi connectivity index (χ1n) is 5.56. The number of aryl methyl sites for hydroxylation is 1. The first-order chi connectivity index (χ1) is 7.11. The molecule has 1 aromatic heterocycles. The minimum absolute atomic E-state index is 0.207. The van der Waals surface area contributed by atoms with Crippen molar-refractivity contribution in [1.82, 2.24) is 15.2 Å². The summed E-state index contributed by atoms with van der Waals surface area (Å²) in [5, 5.41) is 4.25. The first kappa shape index (κ1) is 12.2. The third kappa shape index (κ3) is 2.58. The van der Waals surface area contributed by atoms with E-state index in [1.807, 2.05) is 17.9 Å². The fourth-order valence-corrected chi connectivity index (χ4v) is 2.00. The highest BCUT2D eigenvalue weighted by Gasteiger charge is 2.20. The Balaban J connectivity index is 2.87. The third-order valence-electron chi connectivity index (χ3n) is 3.10. The molecular formula is C11H22N4. The van der Waals surface area contributed by atoms with Gasteiger partial charge in [0.2, 0.25) is 0 Å². The minimum atomic E-state index is 0.207. The predicted octanol–water partition coefficient (Wildman–Crippen LogP) is 1.67. The lowest BCUT2D eigenvalue weighted by atomic mass is 9.92. The molecule has 0 aliphatic rings. The van der Waals surface area contributed by atoms with Crippen LogP contribution in [0.1, 0.15) is 44.0 Å². The zero-order valence-electron chi connectivity index (χ0n) is 10.1. The van der Waals surface area contributed by atoms with Crippen molar-refractivity contribution in [2.75, 3.05) is 0 Å². The zero-order chi connectivity index (χ0) is 11.4. The molecule has 0 saturated carbocycles. The molecule has 0 aromatic carbocycles. The number of nitrogens with one attached hydrogen (secondary N) is 1. The van der Waals surface area contributed by atoms with Crippen molar-refractivity contribution in [3.8, 4) is 0 Å². The van der Waals surface area contributed by atoms with E-state index in [0.717, 1.165) is 0 Å². The molecule has 1 heterocycles. The Morgan fingerprint density at radius 3 is 2.67 bits per heavy atom. The lowest BCUT2D eigenvalue weighted by molar-refractivity contribution is 0.367. The van der Waals surface area contributed by atoms with Gasteiger partial charge in [-0.05, 0) is 19.3 Å². The molecule has 0 amide bonds. The van der Waals surface area contributed by atoms with Crippen molar-refractivity contribution in [3.63, 3.8) is 0 Å². The van der Waals surface area contributed by atoms with Crippen LogP contribution >= 0.6 is 0 Å². The van der Waals surface area contributed by atoms with E-state index in [4.69, 9.17) is 5.84 Å². The van der Waals surface area contributed by atoms with Crippen molar-refractivity contribution in [1.29, 1.82) is 0 Å². The summed E-state index contributed by atoms with van der Waals surface area (Å²) in [5.74, 6) is 6.16. The Morgan fingerprint density at radius 2 is 2.27 bits per heavy atom. The summed E-state index contributed by atoms with van der Waals surface area (Å²) < 4.78 is 1.89. The molecule has 15 heavy (non-hydrogen) atoms. The molecule has 4 heteroatoms. The van der Waals surface area contributed by atoms with Gasteiger partial charge in [-0.15, -0.1) is 0 Å². The Bertz CT molecular complexity index is 306. The molecule has 0 spiro atoms. The molecule has 0 bridgehead atoms. The summed E-state index contributed by atoms with van der Waals surface area (Å²) in [6.45, 7) is 6.49. The van der Waals surface area contributed by atoms with Gasteiger partial charge < -0.3 is 0 Å². The van der Waals surface area contributed by atoms with Gasteiger partial charge in [0.05, 0.1) is 12.2 Å². The molecule has 1 rings (SSSR count). The van der Waals surface area contributed by atoms with Crippen LogP contribution in [0.4, 0.5) is 0 Å². The van der Waals surface area contributed by atoms with Gasteiger partial charge in [-0.3, -0.25) is 16.0 Å². The van der Waals surface area contributed by atoms with Gasteiger partial charge >= 0.3 is 0 Å². The van der Waals surface area contributed by atoms with E-state index in [1.54, 1.807) is 0 Å². The Kier molecular flexibility index (Phi) is 4.29. The van der Waals surface area contributed by atoms with E-state index >= 15 is 0 Å². The van der Waals surface area contributed by atoms with Crippen LogP contribution < -0.4 is 11.3 Å². The Hall–Kier alpha value is -0.870. The van der Waals surface area contributed by atoms with Crippen LogP contribution in [0.2, 0.25) is 0 Å². The molecule has 0 saturated heterocycles. The number of hydrazine groups is 1. The van der Waals surface area contributed by atoms with Gasteiger partial charge in [-0.1, -0.05) is 20.3 Å². The van der Waals surface area contributed by atoms with Crippen LogP contribution in [-0.2, 0) is 7.05 Å². The molecule has 1 aromatic rings. The number of rotatable bonds is 5. The molecule has 0 aliphatic carbocycles. The van der Waals surface area contributed by atoms with E-state index in [0.29, 0.717) is 5.92 Å². The molecule has 4 nitrogen and oxygen atoms in total. The lowest BCUT2D eigenvalue weighted by Gasteiger charge is -2.22. The normalized spacial score (nSPS) is 15.3. The highest BCUT2D eigenvalue weighted by molar-refractivity contribution is 5.20. The largest absolute Gasteiger partial charge is 0.273 e. The van der Waals surface area contributed by atoms with E-state index in [9.17, 15) is 0 Å². The predicted molar refractivity (Wildman–Crippen MR) is 62.1 cm³/mol. The first-order valence-corrected chi connectivity index (χ1v) is 5.56. The van der Waals surface area contributed by atoms with Crippen molar-refractivity contribution >= 4 is 0 Å². The smallest absolute Gasteiger partial charge is 0.0540 e. The second kappa shape index (κ2) is 5.28. The van der Waals surface area contributed by atoms with Gasteiger partial charge in [-0.2, -0.15) is 5.10 Å². The van der Waals surface area contributed by atoms with Gasteiger partial charge in [-0.25, -0.2) is 0 Å². The van der Waals surface area contributed by atoms with Crippen LogP contribution in [0, 0.1) is 12.8 Å². The number of nitrogens with two attached hydrogens (primary N) is 1. The van der Waals surface area contributed by atoms with Crippen molar-refractivity contribution < 1.29 is 0 Å². The average molecular weight is 210 g/mol. The van der Waals surface area contributed by atoms with E-state index in [2.05, 4.69) is 31.3 Å². The third-order valence-corrected chi connectivity index (χ3v) is 3.10. The van der Waals surface area contributed by atoms with E-state index in [-0.39, 0.29) is 6.04 Å². The second-order valence-corrected chi connectivity index (χ2v) is 4.22. The van der Waals surface area contributed by atoms with Crippen LogP contribution in [0.15, 0.2) is 6.20 Å². The maximum Gasteiger partial charge on any atom is 0.0540 e. The molecular weight excluding hydrogens is 188 g/mol. The zero-order valence-corrected chi connectivity index (χ0v) is 10.1. The fraction of sp³-hybridized carbons (Fsp3) is 0.727. The quantitative estimate of drug-likeness (QED) is 0.574. The number of nitrogens with zero attached hydrogens (tertiary/aromatic N) is 2. The number of aromatic nitrogens is 2. The SMILES string of the molecule is CCCC(C)C(NN)c1cnn(C)c1C. The van der Waals surface area contributed by atoms with Crippen LogP contribution in [0.3, 0.4) is 0 Å². The molecule has 0 radical (unpaired) electrons. The van der Waals surface area contributed by atoms with Crippen LogP contribution in [0.25, 0.3) is 0 Å². The van der Waals surface area contributed by atoms with Crippen molar-refractivity contribution in [2.45, 2.75) is 39.7 Å². The maximum absolute atomic E-state index is 5.63. The number of hydrogen-bond donors (Lipinski definition) is 2. The van der Waals surface area contributed by atoms with Gasteiger partial charge in [0, 0.05) is 18.3 Å². The topological polar surface area (TPSA) is 55.9 Å². The highest BCUT2D eigenvalue weighted by Crippen LogP contribution is 2.26. The molecule has 86 valence electrons. The second-order valence-electron chi connectivity index (χ2n) is 4.22. The summed E-state index contributed by atoms with van der Waals surface area (Å²) in [6.07, 6.45) is 4.26. The molecule has 2 atom stereocenters. The molecule has 3 N–H and O–H groups in total. The monoisotopic (exact) mass is 210 g/mol. The summed E-state index contributed by atoms with van der Waals surface area (Å²) in [7, 11) is 1.96. The van der Waals surface area contributed by atoms with Gasteiger partial charge in [0.1, 0.15) is 0 Å². The van der Waals surface area contributed by atoms with Crippen molar-refractivity contribution in [3.05, 3.63) is 17.5 Å². The van der Waals surface area contributed by atoms with Gasteiger partial charge in [0.15, 0.2) is 0 Å². The average Bonchev–Trinajstić information content (AvgIpc) is 2.51. The highest BCUT2D eigenvalue weighted by atomic mass is 15.3. The maximum atomic E-state index is 5.63. The Morgan fingerprint density at radius 1 is 1.60 bits per heavy atom. The summed E-state index contributed by atoms with van der Waals surface area (Å²) in [6, 6.07) is 0.207. The molecule has 0 aliphatic heterocycles.